The van der Waals surface area contributed by atoms with E-state index in [1.165, 1.54) is 13.2 Å². The van der Waals surface area contributed by atoms with E-state index < -0.39 is 27.4 Å². The van der Waals surface area contributed by atoms with Gasteiger partial charge in [-0.1, -0.05) is 0 Å². The summed E-state index contributed by atoms with van der Waals surface area (Å²) in [6, 6.07) is 3.04. The lowest BCUT2D eigenvalue weighted by Crippen LogP contribution is -2.29. The maximum atomic E-state index is 13.3. The third kappa shape index (κ3) is 4.15. The maximum absolute atomic E-state index is 13.3. The van der Waals surface area contributed by atoms with Crippen LogP contribution in [0.25, 0.3) is 0 Å². The number of halogens is 1. The highest BCUT2D eigenvalue weighted by Crippen LogP contribution is 2.34. The fraction of sp³-hybridized carbons (Fsp3) is 0.462. The largest absolute Gasteiger partial charge is 0.478 e. The third-order valence-electron chi connectivity index (χ3n) is 3.30. The van der Waals surface area contributed by atoms with Crippen molar-refractivity contribution < 1.29 is 27.4 Å². The van der Waals surface area contributed by atoms with Gasteiger partial charge in [0.2, 0.25) is 10.0 Å². The first kappa shape index (κ1) is 15.7. The van der Waals surface area contributed by atoms with E-state index >= 15 is 0 Å². The van der Waals surface area contributed by atoms with Crippen molar-refractivity contribution in [1.29, 1.82) is 0 Å². The van der Waals surface area contributed by atoms with Crippen molar-refractivity contribution >= 4 is 21.7 Å². The smallest absolute Gasteiger partial charge is 0.338 e. The molecule has 1 unspecified atom stereocenters. The van der Waals surface area contributed by atoms with Crippen LogP contribution in [0.5, 0.6) is 0 Å². The Morgan fingerprint density at radius 2 is 2.19 bits per heavy atom. The van der Waals surface area contributed by atoms with E-state index in [0.29, 0.717) is 0 Å². The number of carboxylic acids is 1. The minimum absolute atomic E-state index is 0.0134. The van der Waals surface area contributed by atoms with Crippen LogP contribution in [0, 0.1) is 11.7 Å². The molecular weight excluding hydrogens is 301 g/mol. The molecule has 8 heteroatoms. The molecule has 0 aromatic heterocycles. The van der Waals surface area contributed by atoms with Crippen molar-refractivity contribution in [2.24, 2.45) is 5.92 Å². The maximum Gasteiger partial charge on any atom is 0.338 e. The molecule has 0 saturated heterocycles. The number of hydrogen-bond donors (Lipinski definition) is 2. The Bertz CT molecular complexity index is 642. The molecule has 1 aromatic carbocycles. The number of ether oxygens (including phenoxy) is 1. The van der Waals surface area contributed by atoms with E-state index in [0.717, 1.165) is 25.0 Å². The average Bonchev–Trinajstić information content (AvgIpc) is 3.22. The Labute approximate surface area is 122 Å². The first-order valence-electron chi connectivity index (χ1n) is 6.38. The summed E-state index contributed by atoms with van der Waals surface area (Å²) in [6.07, 6.45) is 1.49. The van der Waals surface area contributed by atoms with Gasteiger partial charge in [-0.05, 0) is 37.0 Å². The molecule has 0 bridgehead atoms. The first-order chi connectivity index (χ1) is 9.82. The molecule has 1 aliphatic carbocycles. The van der Waals surface area contributed by atoms with E-state index in [1.807, 2.05) is 0 Å². The van der Waals surface area contributed by atoms with Crippen LogP contribution >= 0.6 is 0 Å². The van der Waals surface area contributed by atoms with Gasteiger partial charge in [0.1, 0.15) is 5.82 Å². The summed E-state index contributed by atoms with van der Waals surface area (Å²) in [6.45, 7) is 0. The van der Waals surface area contributed by atoms with Crippen LogP contribution in [0.4, 0.5) is 10.1 Å². The Balaban J connectivity index is 2.12. The third-order valence-corrected chi connectivity index (χ3v) is 4.62. The van der Waals surface area contributed by atoms with Gasteiger partial charge in [0.25, 0.3) is 0 Å². The zero-order chi connectivity index (χ0) is 15.6. The van der Waals surface area contributed by atoms with Crippen LogP contribution < -0.4 is 4.72 Å². The van der Waals surface area contributed by atoms with E-state index in [1.54, 1.807) is 0 Å². The number of anilines is 1. The second kappa shape index (κ2) is 5.98. The Morgan fingerprint density at radius 1 is 1.52 bits per heavy atom. The first-order valence-corrected chi connectivity index (χ1v) is 8.04. The lowest BCUT2D eigenvalue weighted by Gasteiger charge is -2.16. The van der Waals surface area contributed by atoms with Crippen molar-refractivity contribution in [3.63, 3.8) is 0 Å². The molecule has 2 N–H and O–H groups in total. The van der Waals surface area contributed by atoms with Gasteiger partial charge in [-0.15, -0.1) is 0 Å². The van der Waals surface area contributed by atoms with Gasteiger partial charge in [0.05, 0.1) is 17.4 Å². The van der Waals surface area contributed by atoms with Gasteiger partial charge >= 0.3 is 5.97 Å². The topological polar surface area (TPSA) is 92.7 Å². The van der Waals surface area contributed by atoms with E-state index in [-0.39, 0.29) is 23.5 Å². The molecule has 6 nitrogen and oxygen atoms in total. The normalized spacial score (nSPS) is 16.5. The molecular formula is C13H16FNO5S. The molecule has 0 heterocycles. The van der Waals surface area contributed by atoms with E-state index in [9.17, 15) is 17.6 Å². The fourth-order valence-electron chi connectivity index (χ4n) is 2.05. The number of benzene rings is 1. The van der Waals surface area contributed by atoms with Crippen LogP contribution in [0.1, 0.15) is 23.2 Å². The molecule has 2 rings (SSSR count). The number of methoxy groups -OCH3 is 1. The van der Waals surface area contributed by atoms with Crippen molar-refractivity contribution in [3.05, 3.63) is 29.6 Å². The van der Waals surface area contributed by atoms with E-state index in [2.05, 4.69) is 4.72 Å². The zero-order valence-corrected chi connectivity index (χ0v) is 12.2. The van der Waals surface area contributed by atoms with Gasteiger partial charge in [0.15, 0.2) is 0 Å². The summed E-state index contributed by atoms with van der Waals surface area (Å²) in [5, 5.41) is 8.82. The van der Waals surface area contributed by atoms with Gasteiger partial charge in [0, 0.05) is 12.8 Å². The average molecular weight is 317 g/mol. The molecule has 1 saturated carbocycles. The van der Waals surface area contributed by atoms with E-state index in [4.69, 9.17) is 9.84 Å². The number of nitrogens with one attached hydrogen (secondary N) is 1. The zero-order valence-electron chi connectivity index (χ0n) is 11.4. The van der Waals surface area contributed by atoms with Crippen LogP contribution in [0.2, 0.25) is 0 Å². The molecule has 0 aliphatic heterocycles. The van der Waals surface area contributed by atoms with Crippen molar-refractivity contribution in [1.82, 2.24) is 0 Å². The molecule has 0 amide bonds. The number of carboxylic acid groups (broad SMARTS) is 1. The lowest BCUT2D eigenvalue weighted by atomic mass is 10.2. The molecule has 1 atom stereocenters. The Kier molecular flexibility index (Phi) is 4.48. The molecule has 1 aromatic rings. The number of aromatic carboxylic acids is 1. The van der Waals surface area contributed by atoms with Gasteiger partial charge in [-0.3, -0.25) is 4.72 Å². The molecule has 1 aliphatic rings. The summed E-state index contributed by atoms with van der Waals surface area (Å²) in [7, 11) is -2.24. The summed E-state index contributed by atoms with van der Waals surface area (Å²) >= 11 is 0. The fourth-order valence-corrected chi connectivity index (χ4v) is 3.46. The molecule has 21 heavy (non-hydrogen) atoms. The van der Waals surface area contributed by atoms with Crippen LogP contribution in [-0.2, 0) is 14.8 Å². The summed E-state index contributed by atoms with van der Waals surface area (Å²) in [4.78, 5) is 10.8. The number of rotatable bonds is 7. The number of carbonyl (C=O) groups is 1. The molecule has 116 valence electrons. The standard InChI is InChI=1S/C13H16FNO5S/c1-20-12(8-2-3-8)7-21(18,19)15-9-4-5-11(14)10(6-9)13(16)17/h4-6,8,12,15H,2-3,7H2,1H3,(H,16,17). The van der Waals surface area contributed by atoms with Crippen molar-refractivity contribution in [2.45, 2.75) is 18.9 Å². The minimum atomic E-state index is -3.70. The van der Waals surface area contributed by atoms with Crippen molar-refractivity contribution in [2.75, 3.05) is 17.6 Å². The summed E-state index contributed by atoms with van der Waals surface area (Å²) in [5.74, 6) is -2.35. The van der Waals surface area contributed by atoms with Crippen LogP contribution in [0.3, 0.4) is 0 Å². The van der Waals surface area contributed by atoms with Gasteiger partial charge in [-0.25, -0.2) is 17.6 Å². The highest BCUT2D eigenvalue weighted by atomic mass is 32.2. The second-order valence-corrected chi connectivity index (χ2v) is 6.76. The second-order valence-electron chi connectivity index (χ2n) is 4.99. The van der Waals surface area contributed by atoms with Gasteiger partial charge < -0.3 is 9.84 Å². The predicted molar refractivity (Wildman–Crippen MR) is 74.3 cm³/mol. The van der Waals surface area contributed by atoms with Crippen LogP contribution in [0.15, 0.2) is 18.2 Å². The SMILES string of the molecule is COC(CS(=O)(=O)Nc1ccc(F)c(C(=O)O)c1)C1CC1. The van der Waals surface area contributed by atoms with Gasteiger partial charge in [-0.2, -0.15) is 0 Å². The van der Waals surface area contributed by atoms with Crippen molar-refractivity contribution in [3.8, 4) is 0 Å². The minimum Gasteiger partial charge on any atom is -0.478 e. The molecule has 0 radical (unpaired) electrons. The van der Waals surface area contributed by atoms with Crippen LogP contribution in [-0.4, -0.2) is 38.5 Å². The molecule has 1 fully saturated rings. The number of hydrogen-bond acceptors (Lipinski definition) is 4. The quantitative estimate of drug-likeness (QED) is 0.798. The molecule has 0 spiro atoms. The Hall–Kier alpha value is -1.67. The lowest BCUT2D eigenvalue weighted by molar-refractivity contribution is 0.0692. The Morgan fingerprint density at radius 3 is 2.71 bits per heavy atom. The highest BCUT2D eigenvalue weighted by molar-refractivity contribution is 7.92. The monoisotopic (exact) mass is 317 g/mol. The summed E-state index contributed by atoms with van der Waals surface area (Å²) < 4.78 is 44.7. The number of sulfonamides is 1. The highest BCUT2D eigenvalue weighted by Gasteiger charge is 2.34. The predicted octanol–water partition coefficient (Wildman–Crippen LogP) is 1.69. The summed E-state index contributed by atoms with van der Waals surface area (Å²) in [5.41, 5.74) is -0.569.